The Morgan fingerprint density at radius 1 is 0.956 bits per heavy atom. The number of nitrogens with zero attached hydrogens (tertiary/aromatic N) is 3. The monoisotopic (exact) mass is 647 g/mol. The molecule has 5 amide bonds. The van der Waals surface area contributed by atoms with Gasteiger partial charge in [0.05, 0.1) is 5.69 Å². The molecule has 0 radical (unpaired) electrons. The number of amides is 5. The van der Waals surface area contributed by atoms with Crippen molar-refractivity contribution in [3.8, 4) is 0 Å². The van der Waals surface area contributed by atoms with Crippen molar-refractivity contribution in [3.05, 3.63) is 40.4 Å². The predicted molar refractivity (Wildman–Crippen MR) is 172 cm³/mol. The van der Waals surface area contributed by atoms with Crippen LogP contribution in [0.5, 0.6) is 0 Å². The Morgan fingerprint density at radius 3 is 1.98 bits per heavy atom. The van der Waals surface area contributed by atoms with Gasteiger partial charge in [-0.05, 0) is 58.2 Å². The summed E-state index contributed by atoms with van der Waals surface area (Å²) < 4.78 is 0. The lowest BCUT2D eigenvalue weighted by Crippen LogP contribution is -2.76. The number of anilines is 2. The number of rotatable bonds is 11. The van der Waals surface area contributed by atoms with Crippen molar-refractivity contribution in [1.82, 2.24) is 25.4 Å². The molecule has 0 fully saturated rings. The van der Waals surface area contributed by atoms with E-state index in [1.165, 1.54) is 11.8 Å². The van der Waals surface area contributed by atoms with Crippen molar-refractivity contribution in [2.24, 2.45) is 5.41 Å². The summed E-state index contributed by atoms with van der Waals surface area (Å²) in [6.07, 6.45) is -1.91. The standard InChI is InChI=1S/C30H45N7O7S/c1-17(24(40)36(9)10)31-23(39)22-21(33-25(45-22)32-18(2)38)16-13-19-11-14-20(15-12-19)34-30(28(3,4)5,35-26(41)42)37(27(43)44)29(6,7)8/h11-12,14-15,17,34-35H,13,16H2,1-10H3,(H,31,39)(H,41,42)(H,43,44)(H,32,33,38)/t17?,30-/m0/s1. The van der Waals surface area contributed by atoms with Gasteiger partial charge in [-0.1, -0.05) is 44.2 Å². The summed E-state index contributed by atoms with van der Waals surface area (Å²) in [5.74, 6) is -2.84. The van der Waals surface area contributed by atoms with Gasteiger partial charge >= 0.3 is 12.2 Å². The topological polar surface area (TPSA) is 193 Å². The smallest absolute Gasteiger partial charge is 0.411 e. The van der Waals surface area contributed by atoms with Crippen LogP contribution in [-0.2, 0) is 22.4 Å². The molecule has 45 heavy (non-hydrogen) atoms. The van der Waals surface area contributed by atoms with E-state index in [1.54, 1.807) is 86.8 Å². The molecule has 1 unspecified atom stereocenters. The molecule has 0 aliphatic heterocycles. The fourth-order valence-electron chi connectivity index (χ4n) is 4.78. The molecular formula is C30H45N7O7S. The number of hydrogen-bond donors (Lipinski definition) is 6. The molecule has 1 heterocycles. The quantitative estimate of drug-likeness (QED) is 0.193. The van der Waals surface area contributed by atoms with Crippen LogP contribution in [0.4, 0.5) is 20.4 Å². The van der Waals surface area contributed by atoms with E-state index >= 15 is 0 Å². The third-order valence-corrected chi connectivity index (χ3v) is 7.86. The van der Waals surface area contributed by atoms with Crippen LogP contribution >= 0.6 is 11.3 Å². The fraction of sp³-hybridized carbons (Fsp3) is 0.533. The molecule has 0 saturated carbocycles. The van der Waals surface area contributed by atoms with E-state index in [1.807, 2.05) is 0 Å². The van der Waals surface area contributed by atoms with Crippen molar-refractivity contribution in [3.63, 3.8) is 0 Å². The Hall–Kier alpha value is -4.40. The first kappa shape index (κ1) is 36.8. The van der Waals surface area contributed by atoms with Crippen LogP contribution in [0.1, 0.15) is 76.3 Å². The second-order valence-electron chi connectivity index (χ2n) is 12.9. The predicted octanol–water partition coefficient (Wildman–Crippen LogP) is 4.25. The number of hydrogen-bond acceptors (Lipinski definition) is 8. The van der Waals surface area contributed by atoms with Crippen LogP contribution in [0.15, 0.2) is 24.3 Å². The highest BCUT2D eigenvalue weighted by atomic mass is 32.1. The molecular weight excluding hydrogens is 602 g/mol. The highest BCUT2D eigenvalue weighted by Crippen LogP contribution is 2.39. The first-order valence-corrected chi connectivity index (χ1v) is 15.1. The molecule has 0 saturated heterocycles. The van der Waals surface area contributed by atoms with E-state index in [4.69, 9.17) is 0 Å². The molecule has 14 nitrogen and oxygen atoms in total. The lowest BCUT2D eigenvalue weighted by atomic mass is 9.82. The highest BCUT2D eigenvalue weighted by Gasteiger charge is 2.54. The van der Waals surface area contributed by atoms with Gasteiger partial charge in [-0.15, -0.1) is 0 Å². The van der Waals surface area contributed by atoms with E-state index in [9.17, 15) is 34.2 Å². The molecule has 1 aromatic heterocycles. The third-order valence-electron chi connectivity index (χ3n) is 6.85. The zero-order valence-corrected chi connectivity index (χ0v) is 28.3. The molecule has 0 aliphatic rings. The summed E-state index contributed by atoms with van der Waals surface area (Å²) in [5.41, 5.74) is -0.153. The first-order valence-electron chi connectivity index (χ1n) is 14.3. The summed E-state index contributed by atoms with van der Waals surface area (Å²) in [6, 6.07) is 6.27. The summed E-state index contributed by atoms with van der Waals surface area (Å²) in [6.45, 7) is 13.2. The van der Waals surface area contributed by atoms with Gasteiger partial charge in [0.2, 0.25) is 17.6 Å². The summed E-state index contributed by atoms with van der Waals surface area (Å²) in [5, 5.41) is 31.1. The molecule has 0 spiro atoms. The summed E-state index contributed by atoms with van der Waals surface area (Å²) >= 11 is 1.02. The minimum atomic E-state index is -1.75. The molecule has 15 heteroatoms. The average molecular weight is 648 g/mol. The fourth-order valence-corrected chi connectivity index (χ4v) is 5.74. The molecule has 0 aliphatic carbocycles. The number of carbonyl (C=O) groups is 5. The van der Waals surface area contributed by atoms with Crippen LogP contribution in [0.2, 0.25) is 0 Å². The highest BCUT2D eigenvalue weighted by molar-refractivity contribution is 7.17. The van der Waals surface area contributed by atoms with Crippen molar-refractivity contribution < 1.29 is 34.2 Å². The van der Waals surface area contributed by atoms with Gasteiger partial charge in [0.15, 0.2) is 5.13 Å². The molecule has 248 valence electrons. The minimum absolute atomic E-state index is 0.264. The van der Waals surface area contributed by atoms with Gasteiger partial charge < -0.3 is 31.1 Å². The maximum atomic E-state index is 13.1. The Kier molecular flexibility index (Phi) is 11.6. The minimum Gasteiger partial charge on any atom is -0.465 e. The number of carbonyl (C=O) groups excluding carboxylic acids is 3. The van der Waals surface area contributed by atoms with Gasteiger partial charge in [0.1, 0.15) is 10.9 Å². The largest absolute Gasteiger partial charge is 0.465 e. The van der Waals surface area contributed by atoms with Crippen LogP contribution in [-0.4, -0.2) is 86.4 Å². The maximum Gasteiger partial charge on any atom is 0.411 e. The molecule has 0 bridgehead atoms. The molecule has 2 atom stereocenters. The lowest BCUT2D eigenvalue weighted by Gasteiger charge is -2.55. The van der Waals surface area contributed by atoms with Gasteiger partial charge in [-0.25, -0.2) is 14.6 Å². The Bertz CT molecular complexity index is 1410. The Morgan fingerprint density at radius 2 is 1.53 bits per heavy atom. The second-order valence-corrected chi connectivity index (χ2v) is 13.9. The van der Waals surface area contributed by atoms with Crippen LogP contribution < -0.4 is 21.3 Å². The van der Waals surface area contributed by atoms with Crippen LogP contribution in [0, 0.1) is 5.41 Å². The van der Waals surface area contributed by atoms with Gasteiger partial charge in [0, 0.05) is 37.7 Å². The van der Waals surface area contributed by atoms with Gasteiger partial charge in [-0.3, -0.25) is 24.6 Å². The van der Waals surface area contributed by atoms with Gasteiger partial charge in [0.25, 0.3) is 5.91 Å². The Balaban J connectivity index is 2.38. The number of benzene rings is 1. The van der Waals surface area contributed by atoms with E-state index in [0.717, 1.165) is 21.8 Å². The third kappa shape index (κ3) is 9.30. The SMILES string of the molecule is CC(=O)Nc1nc(CCc2ccc(N[C@@](NC(=O)O)(N(C(=O)O)C(C)(C)C)C(C)(C)C)cc2)c(C(=O)NC(C)C(=O)N(C)C)s1. The molecule has 2 rings (SSSR count). The van der Waals surface area contributed by atoms with E-state index < -0.39 is 40.9 Å². The molecule has 6 N–H and O–H groups in total. The lowest BCUT2D eigenvalue weighted by molar-refractivity contribution is -0.130. The maximum absolute atomic E-state index is 13.1. The van der Waals surface area contributed by atoms with E-state index in [0.29, 0.717) is 24.2 Å². The van der Waals surface area contributed by atoms with E-state index in [2.05, 4.69) is 26.3 Å². The number of aryl methyl sites for hydroxylation is 2. The molecule has 2 aromatic rings. The van der Waals surface area contributed by atoms with Crippen molar-refractivity contribution in [2.75, 3.05) is 24.7 Å². The Labute approximate surface area is 267 Å². The van der Waals surface area contributed by atoms with Gasteiger partial charge in [-0.2, -0.15) is 0 Å². The zero-order valence-electron chi connectivity index (χ0n) is 27.5. The number of thiazole rings is 1. The number of aromatic nitrogens is 1. The van der Waals surface area contributed by atoms with E-state index in [-0.39, 0.29) is 21.8 Å². The summed E-state index contributed by atoms with van der Waals surface area (Å²) in [7, 11) is 3.19. The van der Waals surface area contributed by atoms with Crippen LogP contribution in [0.25, 0.3) is 0 Å². The zero-order chi connectivity index (χ0) is 34.5. The summed E-state index contributed by atoms with van der Waals surface area (Å²) in [4.78, 5) is 68.7. The van der Waals surface area contributed by atoms with Crippen LogP contribution in [0.3, 0.4) is 0 Å². The van der Waals surface area contributed by atoms with Crippen molar-refractivity contribution >= 4 is 52.1 Å². The van der Waals surface area contributed by atoms with Crippen molar-refractivity contribution in [2.45, 2.75) is 85.6 Å². The average Bonchev–Trinajstić information content (AvgIpc) is 3.27. The first-order chi connectivity index (χ1) is 20.6. The second kappa shape index (κ2) is 14.1. The number of nitrogens with one attached hydrogen (secondary N) is 4. The molecule has 1 aromatic carbocycles. The number of likely N-dealkylation sites (N-methyl/N-ethyl adjacent to an activating group) is 1. The normalized spacial score (nSPS) is 13.6. The number of carboxylic acid groups (broad SMARTS) is 2. The van der Waals surface area contributed by atoms with Crippen molar-refractivity contribution in [1.29, 1.82) is 0 Å².